The zero-order valence-corrected chi connectivity index (χ0v) is 13.5. The maximum Gasteiger partial charge on any atom is -0.00460 e. The van der Waals surface area contributed by atoms with Crippen LogP contribution in [-0.2, 0) is 12.8 Å². The van der Waals surface area contributed by atoms with Crippen molar-refractivity contribution in [2.45, 2.75) is 39.0 Å². The van der Waals surface area contributed by atoms with E-state index in [1.807, 2.05) is 7.05 Å². The lowest BCUT2D eigenvalue weighted by atomic mass is 9.86. The number of nitrogens with one attached hydrogen (secondary N) is 1. The number of hydrogen-bond acceptors (Lipinski definition) is 1. The summed E-state index contributed by atoms with van der Waals surface area (Å²) in [6.07, 6.45) is 3.42. The molecule has 2 aromatic carbocycles. The van der Waals surface area contributed by atoms with Crippen LogP contribution in [-0.4, -0.2) is 13.6 Å². The fourth-order valence-electron chi connectivity index (χ4n) is 3.04. The highest BCUT2D eigenvalue weighted by Crippen LogP contribution is 2.26. The predicted molar refractivity (Wildman–Crippen MR) is 92.0 cm³/mol. The summed E-state index contributed by atoms with van der Waals surface area (Å²) in [4.78, 5) is 0. The molecule has 0 saturated carbocycles. The van der Waals surface area contributed by atoms with Crippen molar-refractivity contribution < 1.29 is 0 Å². The molecule has 0 saturated heterocycles. The Kier molecular flexibility index (Phi) is 6.01. The van der Waals surface area contributed by atoms with E-state index in [0.717, 1.165) is 19.4 Å². The standard InChI is InChI=1S/C20H27N/c1-4-17-11-8-12-19(16(17)2)15-20(13-14-21-3)18-9-6-5-7-10-18/h5-12,20-21H,4,13-15H2,1-3H3. The fourth-order valence-corrected chi connectivity index (χ4v) is 3.04. The molecule has 112 valence electrons. The molecule has 1 N–H and O–H groups in total. The van der Waals surface area contributed by atoms with Crippen LogP contribution in [0, 0.1) is 6.92 Å². The largest absolute Gasteiger partial charge is 0.320 e. The lowest BCUT2D eigenvalue weighted by molar-refractivity contribution is 0.591. The second-order valence-electron chi connectivity index (χ2n) is 5.76. The normalized spacial score (nSPS) is 12.3. The number of hydrogen-bond donors (Lipinski definition) is 1. The van der Waals surface area contributed by atoms with Crippen LogP contribution >= 0.6 is 0 Å². The summed E-state index contributed by atoms with van der Waals surface area (Å²) < 4.78 is 0. The number of benzene rings is 2. The van der Waals surface area contributed by atoms with Crippen molar-refractivity contribution in [2.24, 2.45) is 0 Å². The van der Waals surface area contributed by atoms with Gasteiger partial charge in [-0.25, -0.2) is 0 Å². The van der Waals surface area contributed by atoms with E-state index in [0.29, 0.717) is 5.92 Å². The average molecular weight is 281 g/mol. The van der Waals surface area contributed by atoms with Crippen molar-refractivity contribution in [1.29, 1.82) is 0 Å². The highest BCUT2D eigenvalue weighted by Gasteiger charge is 2.14. The predicted octanol–water partition coefficient (Wildman–Crippen LogP) is 4.49. The Bertz CT molecular complexity index is 545. The molecule has 0 heterocycles. The van der Waals surface area contributed by atoms with Crippen LogP contribution < -0.4 is 5.32 Å². The topological polar surface area (TPSA) is 12.0 Å². The Morgan fingerprint density at radius 3 is 2.33 bits per heavy atom. The van der Waals surface area contributed by atoms with E-state index in [1.54, 1.807) is 0 Å². The van der Waals surface area contributed by atoms with Crippen LogP contribution in [0.1, 0.15) is 41.5 Å². The van der Waals surface area contributed by atoms with Gasteiger partial charge in [-0.2, -0.15) is 0 Å². The summed E-state index contributed by atoms with van der Waals surface area (Å²) >= 11 is 0. The third kappa shape index (κ3) is 4.18. The van der Waals surface area contributed by atoms with E-state index in [-0.39, 0.29) is 0 Å². The third-order valence-corrected chi connectivity index (χ3v) is 4.42. The van der Waals surface area contributed by atoms with Crippen LogP contribution in [0.2, 0.25) is 0 Å². The molecule has 0 aliphatic heterocycles. The highest BCUT2D eigenvalue weighted by atomic mass is 14.8. The molecule has 0 amide bonds. The molecule has 21 heavy (non-hydrogen) atoms. The molecule has 0 aromatic heterocycles. The molecule has 0 aliphatic carbocycles. The molecular formula is C20H27N. The Hall–Kier alpha value is -1.60. The van der Waals surface area contributed by atoms with Crippen LogP contribution in [0.25, 0.3) is 0 Å². The summed E-state index contributed by atoms with van der Waals surface area (Å²) in [7, 11) is 2.03. The van der Waals surface area contributed by atoms with Gasteiger partial charge in [0.15, 0.2) is 0 Å². The second-order valence-corrected chi connectivity index (χ2v) is 5.76. The molecule has 1 nitrogen and oxygen atoms in total. The Morgan fingerprint density at radius 1 is 0.952 bits per heavy atom. The first-order chi connectivity index (χ1) is 10.3. The van der Waals surface area contributed by atoms with Gasteiger partial charge in [0.1, 0.15) is 0 Å². The highest BCUT2D eigenvalue weighted by molar-refractivity contribution is 5.36. The Morgan fingerprint density at radius 2 is 1.67 bits per heavy atom. The van der Waals surface area contributed by atoms with Crippen molar-refractivity contribution in [1.82, 2.24) is 5.32 Å². The summed E-state index contributed by atoms with van der Waals surface area (Å²) in [6.45, 7) is 5.57. The maximum absolute atomic E-state index is 3.29. The number of rotatable bonds is 7. The van der Waals surface area contributed by atoms with Gasteiger partial charge in [-0.05, 0) is 68.0 Å². The molecular weight excluding hydrogens is 254 g/mol. The fraction of sp³-hybridized carbons (Fsp3) is 0.400. The summed E-state index contributed by atoms with van der Waals surface area (Å²) in [5.74, 6) is 0.587. The van der Waals surface area contributed by atoms with Crippen LogP contribution in [0.4, 0.5) is 0 Å². The van der Waals surface area contributed by atoms with Gasteiger partial charge in [0.25, 0.3) is 0 Å². The third-order valence-electron chi connectivity index (χ3n) is 4.42. The number of aryl methyl sites for hydroxylation is 1. The van der Waals surface area contributed by atoms with Gasteiger partial charge < -0.3 is 5.32 Å². The van der Waals surface area contributed by atoms with Crippen molar-refractivity contribution >= 4 is 0 Å². The first kappa shape index (κ1) is 15.8. The molecule has 1 heteroatoms. The van der Waals surface area contributed by atoms with E-state index in [4.69, 9.17) is 0 Å². The zero-order valence-electron chi connectivity index (χ0n) is 13.5. The Labute approximate surface area is 129 Å². The lowest BCUT2D eigenvalue weighted by Crippen LogP contribution is -2.14. The van der Waals surface area contributed by atoms with Gasteiger partial charge in [-0.15, -0.1) is 0 Å². The monoisotopic (exact) mass is 281 g/mol. The SMILES string of the molecule is CCc1cccc(CC(CCNC)c2ccccc2)c1C. The maximum atomic E-state index is 3.29. The molecule has 1 atom stereocenters. The van der Waals surface area contributed by atoms with E-state index in [2.05, 4.69) is 67.7 Å². The van der Waals surface area contributed by atoms with E-state index in [1.165, 1.54) is 28.7 Å². The van der Waals surface area contributed by atoms with Gasteiger partial charge in [-0.1, -0.05) is 55.5 Å². The molecule has 0 bridgehead atoms. The van der Waals surface area contributed by atoms with Crippen molar-refractivity contribution in [2.75, 3.05) is 13.6 Å². The molecule has 0 radical (unpaired) electrons. The van der Waals surface area contributed by atoms with Crippen LogP contribution in [0.5, 0.6) is 0 Å². The van der Waals surface area contributed by atoms with Crippen LogP contribution in [0.3, 0.4) is 0 Å². The lowest BCUT2D eigenvalue weighted by Gasteiger charge is -2.20. The van der Waals surface area contributed by atoms with Crippen molar-refractivity contribution in [3.8, 4) is 0 Å². The summed E-state index contributed by atoms with van der Waals surface area (Å²) in [6, 6.07) is 17.7. The minimum atomic E-state index is 0.587. The van der Waals surface area contributed by atoms with Gasteiger partial charge in [0, 0.05) is 0 Å². The minimum Gasteiger partial charge on any atom is -0.320 e. The Balaban J connectivity index is 2.23. The average Bonchev–Trinajstić information content (AvgIpc) is 2.53. The van der Waals surface area contributed by atoms with Gasteiger partial charge >= 0.3 is 0 Å². The summed E-state index contributed by atoms with van der Waals surface area (Å²) in [5, 5.41) is 3.29. The quantitative estimate of drug-likeness (QED) is 0.788. The van der Waals surface area contributed by atoms with Gasteiger partial charge in [-0.3, -0.25) is 0 Å². The zero-order chi connectivity index (χ0) is 15.1. The van der Waals surface area contributed by atoms with Crippen molar-refractivity contribution in [3.05, 3.63) is 70.8 Å². The van der Waals surface area contributed by atoms with Crippen LogP contribution in [0.15, 0.2) is 48.5 Å². The second kappa shape index (κ2) is 7.99. The molecule has 0 fully saturated rings. The molecule has 0 aliphatic rings. The molecule has 1 unspecified atom stereocenters. The van der Waals surface area contributed by atoms with E-state index < -0.39 is 0 Å². The van der Waals surface area contributed by atoms with Gasteiger partial charge in [0.05, 0.1) is 0 Å². The first-order valence-corrected chi connectivity index (χ1v) is 8.03. The summed E-state index contributed by atoms with van der Waals surface area (Å²) in [5.41, 5.74) is 5.91. The van der Waals surface area contributed by atoms with Gasteiger partial charge in [0.2, 0.25) is 0 Å². The minimum absolute atomic E-state index is 0.587. The first-order valence-electron chi connectivity index (χ1n) is 8.03. The van der Waals surface area contributed by atoms with Crippen molar-refractivity contribution in [3.63, 3.8) is 0 Å². The van der Waals surface area contributed by atoms with E-state index in [9.17, 15) is 0 Å². The molecule has 2 rings (SSSR count). The smallest absolute Gasteiger partial charge is 0.00460 e. The molecule has 2 aromatic rings. The molecule has 0 spiro atoms. The van der Waals surface area contributed by atoms with E-state index >= 15 is 0 Å².